The van der Waals surface area contributed by atoms with Crippen molar-refractivity contribution in [2.75, 3.05) is 5.32 Å². The average Bonchev–Trinajstić information content (AvgIpc) is 2.68. The van der Waals surface area contributed by atoms with Gasteiger partial charge in [0.2, 0.25) is 5.91 Å². The van der Waals surface area contributed by atoms with E-state index in [-0.39, 0.29) is 17.6 Å². The highest BCUT2D eigenvalue weighted by Crippen LogP contribution is 2.15. The summed E-state index contributed by atoms with van der Waals surface area (Å²) in [5.41, 5.74) is 7.59. The summed E-state index contributed by atoms with van der Waals surface area (Å²) < 4.78 is 0. The van der Waals surface area contributed by atoms with Crippen LogP contribution in [-0.4, -0.2) is 21.9 Å². The zero-order chi connectivity index (χ0) is 13.8. The van der Waals surface area contributed by atoms with Crippen LogP contribution in [0, 0.1) is 0 Å². The van der Waals surface area contributed by atoms with Gasteiger partial charge in [-0.15, -0.1) is 0 Å². The first-order valence-electron chi connectivity index (χ1n) is 6.36. The van der Waals surface area contributed by atoms with Crippen LogP contribution in [0.25, 0.3) is 11.0 Å². The van der Waals surface area contributed by atoms with Gasteiger partial charge < -0.3 is 21.0 Å². The van der Waals surface area contributed by atoms with E-state index in [4.69, 9.17) is 5.73 Å². The lowest BCUT2D eigenvalue weighted by molar-refractivity contribution is -0.116. The Morgan fingerprint density at radius 2 is 2.11 bits per heavy atom. The van der Waals surface area contributed by atoms with Gasteiger partial charge in [0, 0.05) is 18.2 Å². The van der Waals surface area contributed by atoms with Crippen LogP contribution in [0.15, 0.2) is 23.0 Å². The largest absolute Gasteiger partial charge is 0.327 e. The third-order valence-corrected chi connectivity index (χ3v) is 2.91. The number of nitrogens with one attached hydrogen (secondary N) is 3. The second kappa shape index (κ2) is 5.71. The fraction of sp³-hybridized carbons (Fsp3) is 0.385. The lowest BCUT2D eigenvalue weighted by Crippen LogP contribution is -2.26. The monoisotopic (exact) mass is 262 g/mol. The number of hydrogen-bond donors (Lipinski definition) is 4. The molecule has 0 fully saturated rings. The van der Waals surface area contributed by atoms with Gasteiger partial charge in [-0.3, -0.25) is 4.79 Å². The van der Waals surface area contributed by atoms with Gasteiger partial charge in [0.15, 0.2) is 0 Å². The van der Waals surface area contributed by atoms with Crippen molar-refractivity contribution in [2.24, 2.45) is 5.73 Å². The molecular weight excluding hydrogens is 244 g/mol. The minimum absolute atomic E-state index is 0.110. The lowest BCUT2D eigenvalue weighted by Gasteiger charge is -2.10. The van der Waals surface area contributed by atoms with Crippen molar-refractivity contribution >= 4 is 22.6 Å². The first-order chi connectivity index (χ1) is 9.08. The fourth-order valence-electron chi connectivity index (χ4n) is 2.03. The molecule has 1 unspecified atom stereocenters. The Bertz CT molecular complexity index is 629. The SMILES string of the molecule is CCCC(N)CC(=O)Nc1ccc2[nH]c(=O)[nH]c2c1. The van der Waals surface area contributed by atoms with Crippen molar-refractivity contribution < 1.29 is 4.79 Å². The van der Waals surface area contributed by atoms with E-state index in [1.54, 1.807) is 18.2 Å². The van der Waals surface area contributed by atoms with Gasteiger partial charge in [0.05, 0.1) is 11.0 Å². The maximum absolute atomic E-state index is 11.8. The number of anilines is 1. The van der Waals surface area contributed by atoms with E-state index in [2.05, 4.69) is 15.3 Å². The molecule has 6 nitrogen and oxygen atoms in total. The van der Waals surface area contributed by atoms with E-state index in [1.165, 1.54) is 0 Å². The molecule has 0 saturated heterocycles. The first-order valence-corrected chi connectivity index (χ1v) is 6.36. The number of H-pyrrole nitrogens is 2. The Balaban J connectivity index is 2.04. The number of benzene rings is 1. The molecule has 1 heterocycles. The van der Waals surface area contributed by atoms with Crippen LogP contribution in [0.2, 0.25) is 0 Å². The molecule has 0 aliphatic carbocycles. The molecule has 1 aromatic heterocycles. The second-order valence-corrected chi connectivity index (χ2v) is 4.64. The van der Waals surface area contributed by atoms with Gasteiger partial charge in [-0.2, -0.15) is 0 Å². The lowest BCUT2D eigenvalue weighted by atomic mass is 10.1. The molecule has 0 aliphatic rings. The van der Waals surface area contributed by atoms with Gasteiger partial charge in [0.1, 0.15) is 0 Å². The highest BCUT2D eigenvalue weighted by atomic mass is 16.1. The van der Waals surface area contributed by atoms with Crippen molar-refractivity contribution in [3.05, 3.63) is 28.7 Å². The fourth-order valence-corrected chi connectivity index (χ4v) is 2.03. The van der Waals surface area contributed by atoms with Crippen molar-refractivity contribution in [3.8, 4) is 0 Å². The quantitative estimate of drug-likeness (QED) is 0.653. The van der Waals surface area contributed by atoms with Crippen molar-refractivity contribution in [1.82, 2.24) is 9.97 Å². The number of fused-ring (bicyclic) bond motifs is 1. The molecule has 1 amide bonds. The van der Waals surface area contributed by atoms with E-state index >= 15 is 0 Å². The van der Waals surface area contributed by atoms with Crippen molar-refractivity contribution in [3.63, 3.8) is 0 Å². The Kier molecular flexibility index (Phi) is 4.01. The van der Waals surface area contributed by atoms with Crippen LogP contribution in [0.5, 0.6) is 0 Å². The van der Waals surface area contributed by atoms with Crippen LogP contribution in [0.4, 0.5) is 5.69 Å². The Morgan fingerprint density at radius 1 is 1.37 bits per heavy atom. The molecule has 1 aromatic carbocycles. The molecule has 0 aliphatic heterocycles. The average molecular weight is 262 g/mol. The Morgan fingerprint density at radius 3 is 2.84 bits per heavy atom. The summed E-state index contributed by atoms with van der Waals surface area (Å²) in [6.07, 6.45) is 2.10. The van der Waals surface area contributed by atoms with Crippen LogP contribution in [-0.2, 0) is 4.79 Å². The third-order valence-electron chi connectivity index (χ3n) is 2.91. The number of imidazole rings is 1. The van der Waals surface area contributed by atoms with Crippen LogP contribution in [0.1, 0.15) is 26.2 Å². The molecule has 0 radical (unpaired) electrons. The number of carbonyl (C=O) groups excluding carboxylic acids is 1. The third kappa shape index (κ3) is 3.45. The van der Waals surface area contributed by atoms with Gasteiger partial charge >= 0.3 is 5.69 Å². The minimum atomic E-state index is -0.261. The summed E-state index contributed by atoms with van der Waals surface area (Å²) in [7, 11) is 0. The predicted molar refractivity (Wildman–Crippen MR) is 75.0 cm³/mol. The van der Waals surface area contributed by atoms with Gasteiger partial charge in [-0.25, -0.2) is 4.79 Å². The van der Waals surface area contributed by atoms with Crippen LogP contribution >= 0.6 is 0 Å². The van der Waals surface area contributed by atoms with E-state index in [9.17, 15) is 9.59 Å². The van der Waals surface area contributed by atoms with Gasteiger partial charge in [0.25, 0.3) is 0 Å². The molecular formula is C13H18N4O2. The molecule has 102 valence electrons. The first kappa shape index (κ1) is 13.4. The van der Waals surface area contributed by atoms with Crippen LogP contribution in [0.3, 0.4) is 0 Å². The van der Waals surface area contributed by atoms with E-state index in [0.717, 1.165) is 12.8 Å². The molecule has 1 atom stereocenters. The van der Waals surface area contributed by atoms with Gasteiger partial charge in [-0.1, -0.05) is 13.3 Å². The number of amides is 1. The predicted octanol–water partition coefficient (Wildman–Crippen LogP) is 1.31. The van der Waals surface area contributed by atoms with Gasteiger partial charge in [-0.05, 0) is 24.6 Å². The maximum Gasteiger partial charge on any atom is 0.323 e. The standard InChI is InChI=1S/C13H18N4O2/c1-2-3-8(14)6-12(18)15-9-4-5-10-11(7-9)17-13(19)16-10/h4-5,7-8H,2-3,6,14H2,1H3,(H,15,18)(H2,16,17,19). The molecule has 2 rings (SSSR count). The molecule has 6 heteroatoms. The van der Waals surface area contributed by atoms with E-state index in [0.29, 0.717) is 23.1 Å². The second-order valence-electron chi connectivity index (χ2n) is 4.64. The minimum Gasteiger partial charge on any atom is -0.327 e. The zero-order valence-corrected chi connectivity index (χ0v) is 10.8. The molecule has 0 spiro atoms. The van der Waals surface area contributed by atoms with E-state index in [1.807, 2.05) is 6.92 Å². The number of hydrogen-bond acceptors (Lipinski definition) is 3. The summed E-state index contributed by atoms with van der Waals surface area (Å²) in [6, 6.07) is 5.10. The number of aromatic nitrogens is 2. The molecule has 2 aromatic rings. The highest BCUT2D eigenvalue weighted by molar-refractivity contribution is 5.93. The van der Waals surface area contributed by atoms with Crippen molar-refractivity contribution in [2.45, 2.75) is 32.2 Å². The van der Waals surface area contributed by atoms with Crippen molar-refractivity contribution in [1.29, 1.82) is 0 Å². The van der Waals surface area contributed by atoms with E-state index < -0.39 is 0 Å². The summed E-state index contributed by atoms with van der Waals surface area (Å²) in [4.78, 5) is 28.2. The number of carbonyl (C=O) groups is 1. The Labute approximate surface area is 110 Å². The summed E-state index contributed by atoms with van der Waals surface area (Å²) in [5.74, 6) is -0.113. The molecule has 0 bridgehead atoms. The Hall–Kier alpha value is -2.08. The molecule has 19 heavy (non-hydrogen) atoms. The smallest absolute Gasteiger partial charge is 0.323 e. The molecule has 0 saturated carbocycles. The number of aromatic amines is 2. The summed E-state index contributed by atoms with van der Waals surface area (Å²) in [6.45, 7) is 2.04. The van der Waals surface area contributed by atoms with Crippen LogP contribution < -0.4 is 16.7 Å². The zero-order valence-electron chi connectivity index (χ0n) is 10.8. The normalized spacial score (nSPS) is 12.5. The number of rotatable bonds is 5. The summed E-state index contributed by atoms with van der Waals surface area (Å²) >= 11 is 0. The highest BCUT2D eigenvalue weighted by Gasteiger charge is 2.09. The number of nitrogens with two attached hydrogens (primary N) is 1. The summed E-state index contributed by atoms with van der Waals surface area (Å²) in [5, 5.41) is 2.78. The topological polar surface area (TPSA) is 104 Å². The maximum atomic E-state index is 11.8. The molecule has 5 N–H and O–H groups in total.